The predicted octanol–water partition coefficient (Wildman–Crippen LogP) is 4.32. The smallest absolute Gasteiger partial charge is 0.207 e. The summed E-state index contributed by atoms with van der Waals surface area (Å²) in [6, 6.07) is 20.1. The average molecular weight is 313 g/mol. The van der Waals surface area contributed by atoms with E-state index in [1.807, 2.05) is 60.5 Å². The van der Waals surface area contributed by atoms with E-state index >= 15 is 0 Å². The fourth-order valence-corrected chi connectivity index (χ4v) is 3.62. The van der Waals surface area contributed by atoms with Gasteiger partial charge in [-0.05, 0) is 34.5 Å². The van der Waals surface area contributed by atoms with E-state index in [1.165, 1.54) is 5.39 Å². The van der Waals surface area contributed by atoms with Crippen LogP contribution in [0.2, 0.25) is 0 Å². The first-order chi connectivity index (χ1) is 11.7. The van der Waals surface area contributed by atoms with Gasteiger partial charge in [0, 0.05) is 19.0 Å². The van der Waals surface area contributed by atoms with Crippen molar-refractivity contribution in [1.82, 2.24) is 0 Å². The molecule has 0 radical (unpaired) electrons. The lowest BCUT2D eigenvalue weighted by Gasteiger charge is -2.13. The molecule has 0 bridgehead atoms. The van der Waals surface area contributed by atoms with Crippen molar-refractivity contribution >= 4 is 22.2 Å². The molecular formula is C21H15NO2. The maximum absolute atomic E-state index is 13.0. The molecule has 0 spiro atoms. The van der Waals surface area contributed by atoms with Crippen LogP contribution in [-0.4, -0.2) is 12.8 Å². The van der Waals surface area contributed by atoms with Gasteiger partial charge in [-0.3, -0.25) is 4.79 Å². The summed E-state index contributed by atoms with van der Waals surface area (Å²) in [5.41, 5.74) is 3.60. The summed E-state index contributed by atoms with van der Waals surface area (Å²) >= 11 is 0. The second-order valence-electron chi connectivity index (χ2n) is 6.27. The number of para-hydroxylation sites is 2. The molecule has 0 saturated carbocycles. The minimum atomic E-state index is 0.0745. The second-order valence-corrected chi connectivity index (χ2v) is 6.27. The van der Waals surface area contributed by atoms with Crippen LogP contribution in [0.4, 0.5) is 5.69 Å². The highest BCUT2D eigenvalue weighted by Gasteiger charge is 2.34. The van der Waals surface area contributed by atoms with Crippen molar-refractivity contribution in [3.05, 3.63) is 83.2 Å². The predicted molar refractivity (Wildman–Crippen MR) is 94.5 cm³/mol. The summed E-state index contributed by atoms with van der Waals surface area (Å²) in [4.78, 5) is 14.9. The van der Waals surface area contributed by atoms with Crippen molar-refractivity contribution in [1.29, 1.82) is 0 Å². The van der Waals surface area contributed by atoms with Gasteiger partial charge < -0.3 is 9.64 Å². The normalized spacial score (nSPS) is 18.7. The van der Waals surface area contributed by atoms with Crippen molar-refractivity contribution in [2.24, 2.45) is 0 Å². The SMILES string of the molecule is CN1C(=C2Cc3cc4ccccc4cc3C2=O)Oc2ccccc21. The summed E-state index contributed by atoms with van der Waals surface area (Å²) in [5, 5.41) is 2.26. The Hall–Kier alpha value is -3.07. The summed E-state index contributed by atoms with van der Waals surface area (Å²) in [6.07, 6.45) is 0.618. The number of hydrogen-bond acceptors (Lipinski definition) is 3. The van der Waals surface area contributed by atoms with Crippen molar-refractivity contribution in [2.45, 2.75) is 6.42 Å². The van der Waals surface area contributed by atoms with E-state index in [9.17, 15) is 4.79 Å². The minimum absolute atomic E-state index is 0.0745. The first-order valence-electron chi connectivity index (χ1n) is 8.02. The number of anilines is 1. The molecular weight excluding hydrogens is 298 g/mol. The van der Waals surface area contributed by atoms with Crippen LogP contribution in [0.25, 0.3) is 10.8 Å². The van der Waals surface area contributed by atoms with E-state index in [0.29, 0.717) is 12.3 Å². The maximum Gasteiger partial charge on any atom is 0.207 e. The second kappa shape index (κ2) is 4.71. The summed E-state index contributed by atoms with van der Waals surface area (Å²) in [6.45, 7) is 0. The van der Waals surface area contributed by atoms with Gasteiger partial charge in [-0.2, -0.15) is 0 Å². The fourth-order valence-electron chi connectivity index (χ4n) is 3.62. The molecule has 0 fully saturated rings. The number of rotatable bonds is 0. The van der Waals surface area contributed by atoms with Crippen LogP contribution < -0.4 is 9.64 Å². The van der Waals surface area contributed by atoms with E-state index < -0.39 is 0 Å². The van der Waals surface area contributed by atoms with E-state index in [-0.39, 0.29) is 5.78 Å². The molecule has 0 unspecified atom stereocenters. The molecule has 3 aromatic rings. The van der Waals surface area contributed by atoms with Crippen molar-refractivity contribution < 1.29 is 9.53 Å². The molecule has 3 heteroatoms. The minimum Gasteiger partial charge on any atom is -0.438 e. The number of hydrogen-bond donors (Lipinski definition) is 0. The third kappa shape index (κ3) is 1.75. The van der Waals surface area contributed by atoms with Gasteiger partial charge >= 0.3 is 0 Å². The van der Waals surface area contributed by atoms with Gasteiger partial charge in [-0.25, -0.2) is 0 Å². The molecule has 0 N–H and O–H groups in total. The number of Topliss-reactive ketones (excluding diaryl/α,β-unsaturated/α-hetero) is 1. The number of fused-ring (bicyclic) bond motifs is 3. The Morgan fingerprint density at radius 3 is 2.46 bits per heavy atom. The zero-order chi connectivity index (χ0) is 16.3. The van der Waals surface area contributed by atoms with Gasteiger partial charge in [0.1, 0.15) is 0 Å². The van der Waals surface area contributed by atoms with E-state index in [4.69, 9.17) is 4.74 Å². The molecule has 1 heterocycles. The molecule has 0 aromatic heterocycles. The highest BCUT2D eigenvalue weighted by molar-refractivity contribution is 6.15. The highest BCUT2D eigenvalue weighted by atomic mass is 16.5. The van der Waals surface area contributed by atoms with E-state index in [0.717, 1.165) is 33.5 Å². The zero-order valence-electron chi connectivity index (χ0n) is 13.2. The molecule has 0 amide bonds. The average Bonchev–Trinajstić information content (AvgIpc) is 3.11. The standard InChI is InChI=1S/C21H15NO2/c1-22-18-8-4-5-9-19(18)24-21(22)17-12-15-10-13-6-2-3-7-14(13)11-16(15)20(17)23/h2-11H,12H2,1H3. The van der Waals surface area contributed by atoms with Crippen LogP contribution in [0, 0.1) is 0 Å². The summed E-state index contributed by atoms with van der Waals surface area (Å²) in [7, 11) is 1.95. The number of carbonyl (C=O) groups is 1. The van der Waals surface area contributed by atoms with Crippen molar-refractivity contribution in [2.75, 3.05) is 11.9 Å². The maximum atomic E-state index is 13.0. The first-order valence-corrected chi connectivity index (χ1v) is 8.02. The molecule has 3 aromatic carbocycles. The van der Waals surface area contributed by atoms with Crippen LogP contribution in [0.5, 0.6) is 5.75 Å². The van der Waals surface area contributed by atoms with Gasteiger partial charge in [-0.1, -0.05) is 42.5 Å². The fraction of sp³-hybridized carbons (Fsp3) is 0.0952. The quantitative estimate of drug-likeness (QED) is 0.579. The monoisotopic (exact) mass is 313 g/mol. The van der Waals surface area contributed by atoms with Crippen molar-refractivity contribution in [3.63, 3.8) is 0 Å². The molecule has 2 aliphatic rings. The van der Waals surface area contributed by atoms with E-state index in [2.05, 4.69) is 12.1 Å². The van der Waals surface area contributed by atoms with Gasteiger partial charge in [-0.15, -0.1) is 0 Å². The summed E-state index contributed by atoms with van der Waals surface area (Å²) in [5.74, 6) is 1.53. The molecule has 24 heavy (non-hydrogen) atoms. The number of benzene rings is 3. The zero-order valence-corrected chi connectivity index (χ0v) is 13.2. The van der Waals surface area contributed by atoms with Gasteiger partial charge in [0.25, 0.3) is 0 Å². The molecule has 0 atom stereocenters. The lowest BCUT2D eigenvalue weighted by molar-refractivity contribution is 0.103. The third-order valence-corrected chi connectivity index (χ3v) is 4.85. The number of nitrogens with zero attached hydrogens (tertiary/aromatic N) is 1. The highest BCUT2D eigenvalue weighted by Crippen LogP contribution is 2.41. The Bertz CT molecular complexity index is 1050. The van der Waals surface area contributed by atoms with Crippen LogP contribution in [-0.2, 0) is 6.42 Å². The Morgan fingerprint density at radius 2 is 1.67 bits per heavy atom. The van der Waals surface area contributed by atoms with Crippen LogP contribution in [0.3, 0.4) is 0 Å². The Morgan fingerprint density at radius 1 is 0.958 bits per heavy atom. The Kier molecular flexibility index (Phi) is 2.63. The third-order valence-electron chi connectivity index (χ3n) is 4.85. The lowest BCUT2D eigenvalue weighted by Crippen LogP contribution is -2.18. The van der Waals surface area contributed by atoms with Crippen LogP contribution >= 0.6 is 0 Å². The number of ketones is 1. The molecule has 116 valence electrons. The number of ether oxygens (including phenoxy) is 1. The van der Waals surface area contributed by atoms with Gasteiger partial charge in [0.15, 0.2) is 11.5 Å². The van der Waals surface area contributed by atoms with Crippen LogP contribution in [0.15, 0.2) is 72.1 Å². The van der Waals surface area contributed by atoms with Gasteiger partial charge in [0.05, 0.1) is 11.3 Å². The lowest BCUT2D eigenvalue weighted by atomic mass is 10.0. The summed E-state index contributed by atoms with van der Waals surface area (Å²) < 4.78 is 5.99. The Balaban J connectivity index is 1.65. The number of carbonyl (C=O) groups excluding carboxylic acids is 1. The van der Waals surface area contributed by atoms with E-state index in [1.54, 1.807) is 0 Å². The van der Waals surface area contributed by atoms with Gasteiger partial charge in [0.2, 0.25) is 5.88 Å². The first kappa shape index (κ1) is 13.4. The largest absolute Gasteiger partial charge is 0.438 e. The van der Waals surface area contributed by atoms with Crippen molar-refractivity contribution in [3.8, 4) is 5.75 Å². The van der Waals surface area contributed by atoms with Crippen LogP contribution in [0.1, 0.15) is 15.9 Å². The topological polar surface area (TPSA) is 29.5 Å². The molecule has 1 aliphatic carbocycles. The Labute approximate surface area is 139 Å². The molecule has 0 saturated heterocycles. The number of allylic oxidation sites excluding steroid dienone is 1. The molecule has 3 nitrogen and oxygen atoms in total. The molecule has 5 rings (SSSR count). The molecule has 1 aliphatic heterocycles.